The monoisotopic (exact) mass is 282 g/mol. The van der Waals surface area contributed by atoms with Crippen molar-refractivity contribution in [2.75, 3.05) is 20.6 Å². The first-order valence-electron chi connectivity index (χ1n) is 7.15. The molecule has 1 heterocycles. The average molecular weight is 282 g/mol. The van der Waals surface area contributed by atoms with Gasteiger partial charge in [0.05, 0.1) is 5.52 Å². The van der Waals surface area contributed by atoms with Gasteiger partial charge in [-0.25, -0.2) is 4.39 Å². The van der Waals surface area contributed by atoms with Gasteiger partial charge in [0.2, 0.25) is 0 Å². The van der Waals surface area contributed by atoms with Crippen LogP contribution in [0.25, 0.3) is 16.6 Å². The first-order chi connectivity index (χ1) is 10.1. The molecule has 0 radical (unpaired) electrons. The second kappa shape index (κ2) is 5.70. The Morgan fingerprint density at radius 2 is 1.71 bits per heavy atom. The first-order valence-corrected chi connectivity index (χ1v) is 7.15. The molecular weight excluding hydrogens is 263 g/mol. The van der Waals surface area contributed by atoms with E-state index in [9.17, 15) is 4.39 Å². The molecule has 0 aliphatic heterocycles. The second-order valence-electron chi connectivity index (χ2n) is 5.56. The van der Waals surface area contributed by atoms with Gasteiger partial charge in [-0.05, 0) is 50.5 Å². The van der Waals surface area contributed by atoms with Crippen molar-refractivity contribution in [1.29, 1.82) is 0 Å². The molecule has 0 fully saturated rings. The Balaban J connectivity index is 2.12. The van der Waals surface area contributed by atoms with Gasteiger partial charge in [-0.15, -0.1) is 0 Å². The molecule has 1 aromatic heterocycles. The lowest BCUT2D eigenvalue weighted by molar-refractivity contribution is 0.411. The van der Waals surface area contributed by atoms with Crippen LogP contribution in [0.5, 0.6) is 0 Å². The standard InChI is InChI=1S/C18H19FN2/c1-20(2)12-11-17-13-14-5-3-4-6-18(14)21(17)16-9-7-15(19)8-10-16/h3-10,13H,11-12H2,1-2H3. The summed E-state index contributed by atoms with van der Waals surface area (Å²) in [5, 5.41) is 1.22. The number of likely N-dealkylation sites (N-methyl/N-ethyl adjacent to an activating group) is 1. The molecule has 0 bridgehead atoms. The Labute approximate surface area is 124 Å². The lowest BCUT2D eigenvalue weighted by Crippen LogP contribution is -2.16. The SMILES string of the molecule is CN(C)CCc1cc2ccccc2n1-c1ccc(F)cc1. The zero-order valence-corrected chi connectivity index (χ0v) is 12.4. The number of rotatable bonds is 4. The molecule has 0 amide bonds. The maximum absolute atomic E-state index is 13.2. The highest BCUT2D eigenvalue weighted by Gasteiger charge is 2.10. The fourth-order valence-corrected chi connectivity index (χ4v) is 2.63. The summed E-state index contributed by atoms with van der Waals surface area (Å²) < 4.78 is 15.4. The summed E-state index contributed by atoms with van der Waals surface area (Å²) in [5.41, 5.74) is 3.42. The molecule has 2 nitrogen and oxygen atoms in total. The molecule has 0 spiro atoms. The molecule has 2 aromatic carbocycles. The maximum atomic E-state index is 13.2. The smallest absolute Gasteiger partial charge is 0.123 e. The quantitative estimate of drug-likeness (QED) is 0.705. The van der Waals surface area contributed by atoms with Crippen molar-refractivity contribution in [3.63, 3.8) is 0 Å². The Kier molecular flexibility index (Phi) is 3.76. The highest BCUT2D eigenvalue weighted by atomic mass is 19.1. The molecule has 0 unspecified atom stereocenters. The van der Waals surface area contributed by atoms with Crippen molar-refractivity contribution in [3.05, 3.63) is 66.1 Å². The van der Waals surface area contributed by atoms with Crippen LogP contribution in [-0.2, 0) is 6.42 Å². The lowest BCUT2D eigenvalue weighted by atomic mass is 10.2. The largest absolute Gasteiger partial charge is 0.314 e. The van der Waals surface area contributed by atoms with Crippen LogP contribution in [-0.4, -0.2) is 30.1 Å². The topological polar surface area (TPSA) is 8.17 Å². The van der Waals surface area contributed by atoms with Crippen molar-refractivity contribution in [2.45, 2.75) is 6.42 Å². The summed E-state index contributed by atoms with van der Waals surface area (Å²) in [7, 11) is 4.15. The van der Waals surface area contributed by atoms with Crippen molar-refractivity contribution in [2.24, 2.45) is 0 Å². The van der Waals surface area contributed by atoms with E-state index in [4.69, 9.17) is 0 Å². The summed E-state index contributed by atoms with van der Waals surface area (Å²) in [6.45, 7) is 0.984. The molecule has 108 valence electrons. The van der Waals surface area contributed by atoms with Crippen LogP contribution in [0, 0.1) is 5.82 Å². The Morgan fingerprint density at radius 1 is 1.00 bits per heavy atom. The number of nitrogens with zero attached hydrogens (tertiary/aromatic N) is 2. The van der Waals surface area contributed by atoms with Crippen LogP contribution >= 0.6 is 0 Å². The van der Waals surface area contributed by atoms with Gasteiger partial charge >= 0.3 is 0 Å². The minimum Gasteiger partial charge on any atom is -0.314 e. The second-order valence-corrected chi connectivity index (χ2v) is 5.56. The van der Waals surface area contributed by atoms with Crippen molar-refractivity contribution in [1.82, 2.24) is 9.47 Å². The number of hydrogen-bond donors (Lipinski definition) is 0. The molecule has 21 heavy (non-hydrogen) atoms. The van der Waals surface area contributed by atoms with E-state index in [1.54, 1.807) is 0 Å². The molecule has 0 N–H and O–H groups in total. The van der Waals surface area contributed by atoms with Crippen LogP contribution in [0.15, 0.2) is 54.6 Å². The van der Waals surface area contributed by atoms with Gasteiger partial charge in [0.25, 0.3) is 0 Å². The van der Waals surface area contributed by atoms with Crippen LogP contribution in [0.3, 0.4) is 0 Å². The summed E-state index contributed by atoms with van der Waals surface area (Å²) in [6.07, 6.45) is 0.957. The van der Waals surface area contributed by atoms with Gasteiger partial charge in [0, 0.05) is 29.7 Å². The number of fused-ring (bicyclic) bond motifs is 1. The number of halogens is 1. The first kappa shape index (κ1) is 13.8. The van der Waals surface area contributed by atoms with Gasteiger partial charge in [-0.2, -0.15) is 0 Å². The molecule has 0 saturated carbocycles. The third-order valence-corrected chi connectivity index (χ3v) is 3.69. The Bertz CT molecular complexity index is 742. The van der Waals surface area contributed by atoms with Crippen LogP contribution in [0.4, 0.5) is 4.39 Å². The summed E-state index contributed by atoms with van der Waals surface area (Å²) in [6, 6.07) is 17.2. The third-order valence-electron chi connectivity index (χ3n) is 3.69. The van der Waals surface area contributed by atoms with Crippen LogP contribution < -0.4 is 0 Å². The molecule has 0 aliphatic rings. The van der Waals surface area contributed by atoms with E-state index < -0.39 is 0 Å². The molecule has 3 aromatic rings. The molecule has 0 aliphatic carbocycles. The average Bonchev–Trinajstić information content (AvgIpc) is 2.84. The number of aromatic nitrogens is 1. The summed E-state index contributed by atoms with van der Waals surface area (Å²) in [4.78, 5) is 2.17. The minimum atomic E-state index is -0.204. The zero-order chi connectivity index (χ0) is 14.8. The van der Waals surface area contributed by atoms with E-state index in [1.807, 2.05) is 24.3 Å². The number of benzene rings is 2. The van der Waals surface area contributed by atoms with Gasteiger partial charge in [0.1, 0.15) is 5.82 Å². The lowest BCUT2D eigenvalue weighted by Gasteiger charge is -2.13. The molecule has 0 saturated heterocycles. The third kappa shape index (κ3) is 2.83. The van der Waals surface area contributed by atoms with Crippen molar-refractivity contribution in [3.8, 4) is 5.69 Å². The van der Waals surface area contributed by atoms with Gasteiger partial charge in [-0.1, -0.05) is 18.2 Å². The van der Waals surface area contributed by atoms with Crippen molar-refractivity contribution >= 4 is 10.9 Å². The Morgan fingerprint density at radius 3 is 2.43 bits per heavy atom. The van der Waals surface area contributed by atoms with E-state index in [2.05, 4.69) is 41.8 Å². The van der Waals surface area contributed by atoms with E-state index in [0.717, 1.165) is 24.2 Å². The molecular formula is C18H19FN2. The van der Waals surface area contributed by atoms with E-state index in [-0.39, 0.29) is 5.82 Å². The van der Waals surface area contributed by atoms with E-state index in [1.165, 1.54) is 23.2 Å². The molecule has 0 atom stereocenters. The van der Waals surface area contributed by atoms with E-state index >= 15 is 0 Å². The number of para-hydroxylation sites is 1. The maximum Gasteiger partial charge on any atom is 0.123 e. The fraction of sp³-hybridized carbons (Fsp3) is 0.222. The van der Waals surface area contributed by atoms with Gasteiger partial charge in [0.15, 0.2) is 0 Å². The molecule has 3 rings (SSSR count). The highest BCUT2D eigenvalue weighted by Crippen LogP contribution is 2.25. The summed E-state index contributed by atoms with van der Waals surface area (Å²) >= 11 is 0. The molecule has 3 heteroatoms. The number of hydrogen-bond acceptors (Lipinski definition) is 1. The summed E-state index contributed by atoms with van der Waals surface area (Å²) in [5.74, 6) is -0.204. The van der Waals surface area contributed by atoms with Crippen LogP contribution in [0.1, 0.15) is 5.69 Å². The van der Waals surface area contributed by atoms with Gasteiger partial charge in [-0.3, -0.25) is 0 Å². The van der Waals surface area contributed by atoms with Gasteiger partial charge < -0.3 is 9.47 Å². The predicted octanol–water partition coefficient (Wildman–Crippen LogP) is 3.87. The zero-order valence-electron chi connectivity index (χ0n) is 12.4. The predicted molar refractivity (Wildman–Crippen MR) is 85.5 cm³/mol. The fourth-order valence-electron chi connectivity index (χ4n) is 2.63. The normalized spacial score (nSPS) is 11.4. The highest BCUT2D eigenvalue weighted by molar-refractivity contribution is 5.83. The van der Waals surface area contributed by atoms with Crippen molar-refractivity contribution < 1.29 is 4.39 Å². The van der Waals surface area contributed by atoms with E-state index in [0.29, 0.717) is 0 Å². The van der Waals surface area contributed by atoms with Crippen LogP contribution in [0.2, 0.25) is 0 Å². The Hall–Kier alpha value is -2.13. The minimum absolute atomic E-state index is 0.204.